The van der Waals surface area contributed by atoms with Crippen molar-refractivity contribution in [1.29, 1.82) is 0 Å². The summed E-state index contributed by atoms with van der Waals surface area (Å²) in [6.45, 7) is 9.36. The molecule has 0 spiro atoms. The second-order valence-corrected chi connectivity index (χ2v) is 10.7. The average Bonchev–Trinajstić information content (AvgIpc) is 3.67. The van der Waals surface area contributed by atoms with Gasteiger partial charge in [0.25, 0.3) is 5.56 Å². The molecular formula is C31H34N6O6. The number of benzene rings is 2. The third-order valence-electron chi connectivity index (χ3n) is 7.22. The number of rotatable bonds is 9. The Kier molecular flexibility index (Phi) is 9.51. The topological polar surface area (TPSA) is 167 Å². The molecule has 0 saturated carbocycles. The Bertz CT molecular complexity index is 1730. The normalized spacial score (nSPS) is 12.1. The molecule has 1 unspecified atom stereocenters. The summed E-state index contributed by atoms with van der Waals surface area (Å²) < 4.78 is 7.61. The molecule has 224 valence electrons. The van der Waals surface area contributed by atoms with E-state index in [1.807, 2.05) is 66.2 Å². The van der Waals surface area contributed by atoms with E-state index in [1.54, 1.807) is 6.26 Å². The maximum atomic E-state index is 13.7. The number of aromatic amines is 1. The number of aromatic nitrogens is 5. The fraction of sp³-hybridized carbons (Fsp3) is 0.290. The number of H-pyrrole nitrogens is 1. The second kappa shape index (κ2) is 13.3. The van der Waals surface area contributed by atoms with E-state index < -0.39 is 18.0 Å². The maximum Gasteiger partial charge on any atom is 0.414 e. The molecule has 0 aliphatic heterocycles. The summed E-state index contributed by atoms with van der Waals surface area (Å²) >= 11 is 0. The number of nitrogens with one attached hydrogen (secondary N) is 1. The fourth-order valence-electron chi connectivity index (χ4n) is 4.64. The van der Waals surface area contributed by atoms with Crippen LogP contribution in [0.4, 0.5) is 0 Å². The Morgan fingerprint density at radius 3 is 2.37 bits per heavy atom. The van der Waals surface area contributed by atoms with Crippen LogP contribution in [0.25, 0.3) is 10.9 Å². The fourth-order valence-corrected chi connectivity index (χ4v) is 4.64. The van der Waals surface area contributed by atoms with Crippen molar-refractivity contribution < 1.29 is 24.2 Å². The first kappa shape index (κ1) is 30.8. The second-order valence-electron chi connectivity index (χ2n) is 10.7. The number of hydrogen-bond acceptors (Lipinski definition) is 8. The van der Waals surface area contributed by atoms with Crippen LogP contribution in [0.15, 0.2) is 82.2 Å². The van der Waals surface area contributed by atoms with Crippen LogP contribution in [-0.2, 0) is 28.2 Å². The predicted octanol–water partition coefficient (Wildman–Crippen LogP) is 4.51. The highest BCUT2D eigenvalue weighted by Crippen LogP contribution is 2.33. The van der Waals surface area contributed by atoms with Gasteiger partial charge in [-0.15, -0.1) is 5.10 Å². The number of aryl methyl sites for hydroxylation is 1. The van der Waals surface area contributed by atoms with Gasteiger partial charge in [0.2, 0.25) is 0 Å². The summed E-state index contributed by atoms with van der Waals surface area (Å²) in [5.41, 5.74) is 3.08. The van der Waals surface area contributed by atoms with Gasteiger partial charge in [-0.25, -0.2) is 14.3 Å². The number of fused-ring (bicyclic) bond motifs is 1. The minimum atomic E-state index is -1.82. The van der Waals surface area contributed by atoms with Crippen molar-refractivity contribution in [3.8, 4) is 0 Å². The molecule has 0 aliphatic carbocycles. The number of carbonyl (C=O) groups is 2. The third kappa shape index (κ3) is 7.41. The quantitative estimate of drug-likeness (QED) is 0.209. The van der Waals surface area contributed by atoms with E-state index in [4.69, 9.17) is 24.2 Å². The first-order valence-corrected chi connectivity index (χ1v) is 13.7. The lowest BCUT2D eigenvalue weighted by atomic mass is 9.98. The van der Waals surface area contributed by atoms with E-state index in [9.17, 15) is 4.79 Å². The summed E-state index contributed by atoms with van der Waals surface area (Å²) in [5.74, 6) is -2.24. The van der Waals surface area contributed by atoms with Crippen molar-refractivity contribution in [2.75, 3.05) is 0 Å². The molecule has 0 radical (unpaired) electrons. The van der Waals surface area contributed by atoms with Crippen molar-refractivity contribution in [3.63, 3.8) is 0 Å². The molecule has 3 heterocycles. The highest BCUT2D eigenvalue weighted by atomic mass is 16.4. The highest BCUT2D eigenvalue weighted by molar-refractivity contribution is 6.27. The van der Waals surface area contributed by atoms with Crippen LogP contribution in [-0.4, -0.2) is 52.2 Å². The SMILES string of the molecule is CCC(C)(C)n1nnnc1C(c1cc2ccc(C)cc2[nH]c1=O)N(Cc1ccccc1)Cc1ccco1.O=C(O)C(=O)O. The van der Waals surface area contributed by atoms with Gasteiger partial charge in [0.05, 0.1) is 18.3 Å². The minimum absolute atomic E-state index is 0.163. The summed E-state index contributed by atoms with van der Waals surface area (Å²) in [5, 5.41) is 28.7. The van der Waals surface area contributed by atoms with E-state index in [2.05, 4.69) is 58.3 Å². The van der Waals surface area contributed by atoms with Crippen LogP contribution in [0.2, 0.25) is 0 Å². The van der Waals surface area contributed by atoms with E-state index >= 15 is 0 Å². The zero-order chi connectivity index (χ0) is 31.1. The van der Waals surface area contributed by atoms with Gasteiger partial charge in [-0.3, -0.25) is 9.69 Å². The molecule has 0 amide bonds. The number of nitrogens with zero attached hydrogens (tertiary/aromatic N) is 5. The smallest absolute Gasteiger partial charge is 0.414 e. The molecule has 3 N–H and O–H groups in total. The van der Waals surface area contributed by atoms with Gasteiger partial charge in [0.1, 0.15) is 11.8 Å². The van der Waals surface area contributed by atoms with Crippen molar-refractivity contribution in [1.82, 2.24) is 30.1 Å². The summed E-state index contributed by atoms with van der Waals surface area (Å²) in [6.07, 6.45) is 2.49. The highest BCUT2D eigenvalue weighted by Gasteiger charge is 2.35. The standard InChI is InChI=1S/C29H32N6O2.C2H2O4/c1-5-29(3,4)35-27(31-32-33-35)26(24-17-22-14-13-20(2)16-25(22)30-28(24)36)34(19-23-12-9-15-37-23)18-21-10-7-6-8-11-21;3-1(4)2(5)6/h6-17,26H,5,18-19H2,1-4H3,(H,30,36);(H,3,4)(H,5,6). The van der Waals surface area contributed by atoms with E-state index in [-0.39, 0.29) is 11.1 Å². The zero-order valence-electron chi connectivity index (χ0n) is 24.4. The van der Waals surface area contributed by atoms with Crippen LogP contribution in [0, 0.1) is 6.92 Å². The molecule has 2 aromatic carbocycles. The molecule has 3 aromatic heterocycles. The number of carboxylic acid groups (broad SMARTS) is 2. The van der Waals surface area contributed by atoms with Crippen LogP contribution >= 0.6 is 0 Å². The van der Waals surface area contributed by atoms with E-state index in [0.29, 0.717) is 24.5 Å². The molecule has 0 fully saturated rings. The van der Waals surface area contributed by atoms with Crippen LogP contribution in [0.3, 0.4) is 0 Å². The Labute approximate surface area is 247 Å². The summed E-state index contributed by atoms with van der Waals surface area (Å²) in [7, 11) is 0. The first-order chi connectivity index (χ1) is 20.5. The minimum Gasteiger partial charge on any atom is -0.473 e. The number of furan rings is 1. The van der Waals surface area contributed by atoms with Crippen molar-refractivity contribution in [2.24, 2.45) is 0 Å². The summed E-state index contributed by atoms with van der Waals surface area (Å²) in [4.78, 5) is 37.2. The first-order valence-electron chi connectivity index (χ1n) is 13.7. The molecule has 0 aliphatic rings. The molecule has 5 aromatic rings. The lowest BCUT2D eigenvalue weighted by Crippen LogP contribution is -2.38. The van der Waals surface area contributed by atoms with Crippen molar-refractivity contribution >= 4 is 22.8 Å². The summed E-state index contributed by atoms with van der Waals surface area (Å²) in [6, 6.07) is 21.5. The number of carboxylic acids is 2. The maximum absolute atomic E-state index is 13.7. The monoisotopic (exact) mass is 586 g/mol. The zero-order valence-corrected chi connectivity index (χ0v) is 24.4. The number of hydrogen-bond donors (Lipinski definition) is 3. The molecular weight excluding hydrogens is 552 g/mol. The Morgan fingerprint density at radius 2 is 1.74 bits per heavy atom. The molecule has 0 saturated heterocycles. The lowest BCUT2D eigenvalue weighted by Gasteiger charge is -2.33. The van der Waals surface area contributed by atoms with Crippen LogP contribution in [0.5, 0.6) is 0 Å². The van der Waals surface area contributed by atoms with Gasteiger partial charge in [-0.2, -0.15) is 0 Å². The predicted molar refractivity (Wildman–Crippen MR) is 158 cm³/mol. The lowest BCUT2D eigenvalue weighted by molar-refractivity contribution is -0.159. The Balaban J connectivity index is 0.000000641. The van der Waals surface area contributed by atoms with Crippen LogP contribution < -0.4 is 5.56 Å². The van der Waals surface area contributed by atoms with Gasteiger partial charge in [0.15, 0.2) is 5.82 Å². The molecule has 5 rings (SSSR count). The molecule has 12 heteroatoms. The van der Waals surface area contributed by atoms with Gasteiger partial charge in [-0.1, -0.05) is 49.4 Å². The third-order valence-corrected chi connectivity index (χ3v) is 7.22. The molecule has 1 atom stereocenters. The largest absolute Gasteiger partial charge is 0.473 e. The number of aliphatic carboxylic acids is 2. The van der Waals surface area contributed by atoms with Crippen LogP contribution in [0.1, 0.15) is 61.5 Å². The van der Waals surface area contributed by atoms with E-state index in [1.165, 1.54) is 0 Å². The molecule has 0 bridgehead atoms. The number of tetrazole rings is 1. The van der Waals surface area contributed by atoms with Gasteiger partial charge < -0.3 is 19.6 Å². The average molecular weight is 587 g/mol. The Hall–Kier alpha value is -5.10. The van der Waals surface area contributed by atoms with Crippen molar-refractivity contribution in [3.05, 3.63) is 112 Å². The van der Waals surface area contributed by atoms with Gasteiger partial charge >= 0.3 is 11.9 Å². The van der Waals surface area contributed by atoms with Gasteiger partial charge in [-0.05, 0) is 78.4 Å². The molecule has 12 nitrogen and oxygen atoms in total. The van der Waals surface area contributed by atoms with Crippen molar-refractivity contribution in [2.45, 2.75) is 58.8 Å². The number of pyridine rings is 1. The Morgan fingerprint density at radius 1 is 1.02 bits per heavy atom. The van der Waals surface area contributed by atoms with E-state index in [0.717, 1.165) is 34.2 Å². The van der Waals surface area contributed by atoms with Gasteiger partial charge in [0, 0.05) is 17.6 Å². The molecule has 43 heavy (non-hydrogen) atoms.